The Hall–Kier alpha value is -3.90. The number of hydrazone groups is 1. The fourth-order valence-electron chi connectivity index (χ4n) is 4.80. The summed E-state index contributed by atoms with van der Waals surface area (Å²) < 4.78 is 1.81. The van der Waals surface area contributed by atoms with E-state index in [1.807, 2.05) is 54.3 Å². The van der Waals surface area contributed by atoms with Crippen molar-refractivity contribution in [3.05, 3.63) is 111 Å². The highest BCUT2D eigenvalue weighted by atomic mass is 35.5. The van der Waals surface area contributed by atoms with Gasteiger partial charge in [-0.25, -0.2) is 0 Å². The van der Waals surface area contributed by atoms with Gasteiger partial charge in [0.1, 0.15) is 0 Å². The molecule has 5 aromatic rings. The Bertz CT molecular complexity index is 1630. The first kappa shape index (κ1) is 20.7. The number of halogens is 1. The largest absolute Gasteiger partial charge is 0.321 e. The lowest BCUT2D eigenvalue weighted by Gasteiger charge is -2.14. The molecule has 0 saturated heterocycles. The van der Waals surface area contributed by atoms with Crippen molar-refractivity contribution in [1.82, 2.24) is 20.2 Å². The third-order valence-electron chi connectivity index (χ3n) is 6.39. The number of pyridine rings is 1. The lowest BCUT2D eigenvalue weighted by atomic mass is 9.91. The van der Waals surface area contributed by atoms with Crippen LogP contribution >= 0.6 is 11.6 Å². The summed E-state index contributed by atoms with van der Waals surface area (Å²) in [4.78, 5) is 16.4. The number of aromatic amines is 1. The van der Waals surface area contributed by atoms with Crippen LogP contribution in [-0.2, 0) is 13.5 Å². The Morgan fingerprint density at radius 2 is 1.94 bits per heavy atom. The van der Waals surface area contributed by atoms with E-state index in [1.54, 1.807) is 6.07 Å². The zero-order valence-corrected chi connectivity index (χ0v) is 19.3. The second-order valence-electron chi connectivity index (χ2n) is 8.73. The number of nitrogens with zero attached hydrogens (tertiary/aromatic N) is 3. The summed E-state index contributed by atoms with van der Waals surface area (Å²) in [5, 5.41) is 11.7. The van der Waals surface area contributed by atoms with Crippen molar-refractivity contribution in [3.63, 3.8) is 0 Å². The van der Waals surface area contributed by atoms with Crippen LogP contribution in [0.25, 0.3) is 21.8 Å². The molecular formula is C27H22ClN5O. The highest BCUT2D eigenvalue weighted by Crippen LogP contribution is 2.30. The van der Waals surface area contributed by atoms with Gasteiger partial charge in [-0.15, -0.1) is 0 Å². The third-order valence-corrected chi connectivity index (χ3v) is 6.63. The Labute approximate surface area is 200 Å². The van der Waals surface area contributed by atoms with Crippen molar-refractivity contribution in [3.8, 4) is 0 Å². The number of nitrogens with one attached hydrogen (secondary N) is 2. The first-order chi connectivity index (χ1) is 16.5. The summed E-state index contributed by atoms with van der Waals surface area (Å²) in [7, 11) is 1.92. The molecule has 2 N–H and O–H groups in total. The topological polar surface area (TPSA) is 75.1 Å². The Morgan fingerprint density at radius 1 is 1.09 bits per heavy atom. The van der Waals surface area contributed by atoms with Gasteiger partial charge < -0.3 is 10.4 Å². The van der Waals surface area contributed by atoms with Gasteiger partial charge in [0.25, 0.3) is 5.56 Å². The predicted molar refractivity (Wildman–Crippen MR) is 137 cm³/mol. The maximum absolute atomic E-state index is 13.3. The minimum Gasteiger partial charge on any atom is -0.321 e. The molecule has 6 nitrogen and oxygen atoms in total. The van der Waals surface area contributed by atoms with E-state index in [1.165, 1.54) is 0 Å². The molecule has 168 valence electrons. The maximum Gasteiger partial charge on any atom is 0.257 e. The normalized spacial score (nSPS) is 15.6. The van der Waals surface area contributed by atoms with Crippen molar-refractivity contribution >= 4 is 39.1 Å². The van der Waals surface area contributed by atoms with E-state index in [-0.39, 0.29) is 11.6 Å². The summed E-state index contributed by atoms with van der Waals surface area (Å²) in [6.07, 6.45) is 3.23. The van der Waals surface area contributed by atoms with Crippen LogP contribution in [0.15, 0.2) is 82.8 Å². The average Bonchev–Trinajstić information content (AvgIpc) is 3.45. The smallest absolute Gasteiger partial charge is 0.257 e. The van der Waals surface area contributed by atoms with E-state index in [0.29, 0.717) is 23.4 Å². The van der Waals surface area contributed by atoms with E-state index in [0.717, 1.165) is 44.2 Å². The molecule has 0 amide bonds. The lowest BCUT2D eigenvalue weighted by molar-refractivity contribution is 0.621. The number of hydrogen-bond donors (Lipinski definition) is 2. The van der Waals surface area contributed by atoms with E-state index >= 15 is 0 Å². The summed E-state index contributed by atoms with van der Waals surface area (Å²) >= 11 is 6.36. The monoisotopic (exact) mass is 467 g/mol. The lowest BCUT2D eigenvalue weighted by Crippen LogP contribution is -2.21. The van der Waals surface area contributed by atoms with Gasteiger partial charge in [-0.05, 0) is 53.4 Å². The van der Waals surface area contributed by atoms with Crippen molar-refractivity contribution in [2.24, 2.45) is 12.1 Å². The van der Waals surface area contributed by atoms with Gasteiger partial charge in [-0.2, -0.15) is 10.2 Å². The maximum atomic E-state index is 13.3. The van der Waals surface area contributed by atoms with Crippen LogP contribution in [0.4, 0.5) is 0 Å². The fraction of sp³-hybridized carbons (Fsp3) is 0.148. The molecule has 0 fully saturated rings. The second kappa shape index (κ2) is 8.15. The molecular weight excluding hydrogens is 446 g/mol. The van der Waals surface area contributed by atoms with Crippen LogP contribution in [-0.4, -0.2) is 20.5 Å². The van der Waals surface area contributed by atoms with Gasteiger partial charge in [-0.3, -0.25) is 9.48 Å². The van der Waals surface area contributed by atoms with Crippen LogP contribution in [0.2, 0.25) is 5.02 Å². The molecule has 0 saturated carbocycles. The molecule has 1 aliphatic rings. The minimum absolute atomic E-state index is 0.0151. The molecule has 0 bridgehead atoms. The van der Waals surface area contributed by atoms with Crippen LogP contribution in [0.3, 0.4) is 0 Å². The van der Waals surface area contributed by atoms with Crippen LogP contribution in [0, 0.1) is 0 Å². The molecule has 3 aromatic carbocycles. The third kappa shape index (κ3) is 3.66. The van der Waals surface area contributed by atoms with Gasteiger partial charge in [-0.1, -0.05) is 48.0 Å². The first-order valence-corrected chi connectivity index (χ1v) is 11.6. The van der Waals surface area contributed by atoms with Gasteiger partial charge in [0.15, 0.2) is 0 Å². The number of hydrogen-bond acceptors (Lipinski definition) is 4. The molecule has 0 aliphatic carbocycles. The molecule has 7 heteroatoms. The summed E-state index contributed by atoms with van der Waals surface area (Å²) in [5.41, 5.74) is 9.41. The molecule has 3 heterocycles. The van der Waals surface area contributed by atoms with Crippen LogP contribution in [0.5, 0.6) is 0 Å². The number of benzene rings is 3. The van der Waals surface area contributed by atoms with E-state index in [2.05, 4.69) is 44.9 Å². The Morgan fingerprint density at radius 3 is 2.79 bits per heavy atom. The van der Waals surface area contributed by atoms with E-state index < -0.39 is 0 Å². The van der Waals surface area contributed by atoms with Crippen LogP contribution in [0.1, 0.15) is 34.7 Å². The second-order valence-corrected chi connectivity index (χ2v) is 9.16. The van der Waals surface area contributed by atoms with Crippen LogP contribution < -0.4 is 11.0 Å². The quantitative estimate of drug-likeness (QED) is 0.386. The molecule has 0 spiro atoms. The van der Waals surface area contributed by atoms with Gasteiger partial charge in [0.2, 0.25) is 0 Å². The van der Waals surface area contributed by atoms with Gasteiger partial charge in [0.05, 0.1) is 22.8 Å². The number of aryl methyl sites for hydroxylation is 1. The Balaban J connectivity index is 1.43. The minimum atomic E-state index is -0.135. The van der Waals surface area contributed by atoms with Crippen molar-refractivity contribution in [2.75, 3.05) is 0 Å². The van der Waals surface area contributed by atoms with Crippen molar-refractivity contribution < 1.29 is 0 Å². The van der Waals surface area contributed by atoms with Crippen molar-refractivity contribution in [2.45, 2.75) is 18.9 Å². The fourth-order valence-corrected chi connectivity index (χ4v) is 4.97. The zero-order valence-electron chi connectivity index (χ0n) is 18.5. The standard InChI is InChI=1S/C27H22ClN5O/c1-33-15-18-12-17(7-9-22(18)32-33)24-14-25(31-30-24)26-21(11-16-5-3-2-4-6-16)20-13-19(28)8-10-23(20)29-27(26)34/h2-10,12-13,15,24,30H,11,14H2,1H3,(H,29,34). The molecule has 6 rings (SSSR count). The first-order valence-electron chi connectivity index (χ1n) is 11.2. The molecule has 0 radical (unpaired) electrons. The SMILES string of the molecule is Cn1cc2cc(C3CC(c4c(Cc5ccccc5)c5cc(Cl)ccc5[nH]c4=O)=NN3)ccc2n1. The number of H-pyrrole nitrogens is 1. The van der Waals surface area contributed by atoms with Gasteiger partial charge in [0, 0.05) is 41.0 Å². The number of fused-ring (bicyclic) bond motifs is 2. The van der Waals surface area contributed by atoms with E-state index in [9.17, 15) is 4.79 Å². The molecule has 1 aliphatic heterocycles. The highest BCUT2D eigenvalue weighted by molar-refractivity contribution is 6.31. The summed E-state index contributed by atoms with van der Waals surface area (Å²) in [6.45, 7) is 0. The summed E-state index contributed by atoms with van der Waals surface area (Å²) in [5.74, 6) is 0. The van der Waals surface area contributed by atoms with E-state index in [4.69, 9.17) is 11.6 Å². The number of rotatable bonds is 4. The molecule has 2 aromatic heterocycles. The average molecular weight is 468 g/mol. The molecule has 1 atom stereocenters. The highest BCUT2D eigenvalue weighted by Gasteiger charge is 2.26. The number of aromatic nitrogens is 3. The zero-order chi connectivity index (χ0) is 23.2. The van der Waals surface area contributed by atoms with Gasteiger partial charge >= 0.3 is 0 Å². The Kier molecular flexibility index (Phi) is 4.96. The molecule has 1 unspecified atom stereocenters. The van der Waals surface area contributed by atoms with Crippen molar-refractivity contribution in [1.29, 1.82) is 0 Å². The summed E-state index contributed by atoms with van der Waals surface area (Å²) in [6, 6.07) is 21.9. The predicted octanol–water partition coefficient (Wildman–Crippen LogP) is 5.10. The molecule has 34 heavy (non-hydrogen) atoms.